The van der Waals surface area contributed by atoms with Crippen molar-refractivity contribution in [1.82, 2.24) is 9.21 Å². The van der Waals surface area contributed by atoms with Crippen LogP contribution < -0.4 is 0 Å². The minimum absolute atomic E-state index is 0.157. The smallest absolute Gasteiger partial charge is 0.243 e. The molecule has 2 saturated heterocycles. The Balaban J connectivity index is 1.56. The van der Waals surface area contributed by atoms with E-state index < -0.39 is 10.0 Å². The fraction of sp³-hybridized carbons (Fsp3) is 0.684. The molecule has 1 aromatic rings. The van der Waals surface area contributed by atoms with Gasteiger partial charge in [0.2, 0.25) is 10.0 Å². The number of nitrogens with zero attached hydrogens (tertiary/aromatic N) is 2. The largest absolute Gasteiger partial charge is 0.302 e. The molecule has 0 N–H and O–H groups in total. The topological polar surface area (TPSA) is 40.6 Å². The molecule has 3 aliphatic rings. The number of hydrogen-bond donors (Lipinski definition) is 0. The number of hydrogen-bond acceptors (Lipinski definition) is 3. The van der Waals surface area contributed by atoms with Crippen LogP contribution in [-0.4, -0.2) is 49.8 Å². The average Bonchev–Trinajstić information content (AvgIpc) is 3.27. The van der Waals surface area contributed by atoms with Gasteiger partial charge < -0.3 is 4.90 Å². The first-order valence-corrected chi connectivity index (χ1v) is 10.9. The second-order valence-electron chi connectivity index (χ2n) is 7.56. The maximum atomic E-state index is 13.2. The third-order valence-electron chi connectivity index (χ3n) is 5.92. The Bertz CT molecular complexity index is 695. The van der Waals surface area contributed by atoms with E-state index in [1.54, 1.807) is 4.31 Å². The third-order valence-corrected chi connectivity index (χ3v) is 7.87. The Kier molecular flexibility index (Phi) is 4.67. The van der Waals surface area contributed by atoms with E-state index in [0.717, 1.165) is 45.3 Å². The summed E-state index contributed by atoms with van der Waals surface area (Å²) in [5, 5.41) is 0. The van der Waals surface area contributed by atoms with Gasteiger partial charge in [-0.2, -0.15) is 4.31 Å². The summed E-state index contributed by atoms with van der Waals surface area (Å²) >= 11 is 0. The van der Waals surface area contributed by atoms with Crippen molar-refractivity contribution in [2.75, 3.05) is 26.2 Å². The monoisotopic (exact) mass is 348 g/mol. The van der Waals surface area contributed by atoms with Crippen LogP contribution in [0.25, 0.3) is 0 Å². The highest BCUT2D eigenvalue weighted by molar-refractivity contribution is 7.89. The van der Waals surface area contributed by atoms with E-state index in [9.17, 15) is 8.42 Å². The van der Waals surface area contributed by atoms with Crippen molar-refractivity contribution in [3.05, 3.63) is 29.3 Å². The van der Waals surface area contributed by atoms with Crippen molar-refractivity contribution in [2.24, 2.45) is 0 Å². The number of likely N-dealkylation sites (tertiary alicyclic amines) is 1. The van der Waals surface area contributed by atoms with Gasteiger partial charge >= 0.3 is 0 Å². The van der Waals surface area contributed by atoms with Crippen molar-refractivity contribution in [1.29, 1.82) is 0 Å². The summed E-state index contributed by atoms with van der Waals surface area (Å²) in [6.07, 6.45) is 9.02. The lowest BCUT2D eigenvalue weighted by Crippen LogP contribution is -2.42. The zero-order chi connectivity index (χ0) is 16.6. The molecule has 1 aromatic carbocycles. The predicted molar refractivity (Wildman–Crippen MR) is 95.7 cm³/mol. The Morgan fingerprint density at radius 1 is 0.917 bits per heavy atom. The van der Waals surface area contributed by atoms with E-state index >= 15 is 0 Å². The molecule has 4 rings (SSSR count). The molecule has 0 radical (unpaired) electrons. The lowest BCUT2D eigenvalue weighted by atomic mass is 9.92. The fourth-order valence-corrected chi connectivity index (χ4v) is 6.31. The molecule has 0 bridgehead atoms. The van der Waals surface area contributed by atoms with Gasteiger partial charge in [0.25, 0.3) is 0 Å². The summed E-state index contributed by atoms with van der Waals surface area (Å²) in [6, 6.07) is 6.00. The minimum atomic E-state index is -3.36. The van der Waals surface area contributed by atoms with Crippen LogP contribution in [0.3, 0.4) is 0 Å². The molecular formula is C19H28N2O2S. The van der Waals surface area contributed by atoms with E-state index in [1.807, 2.05) is 18.2 Å². The maximum absolute atomic E-state index is 13.2. The van der Waals surface area contributed by atoms with Gasteiger partial charge in [-0.25, -0.2) is 8.42 Å². The van der Waals surface area contributed by atoms with Gasteiger partial charge in [-0.05, 0) is 87.7 Å². The minimum Gasteiger partial charge on any atom is -0.302 e. The number of benzene rings is 1. The van der Waals surface area contributed by atoms with Crippen molar-refractivity contribution in [2.45, 2.75) is 62.3 Å². The van der Waals surface area contributed by atoms with Gasteiger partial charge in [-0.1, -0.05) is 6.07 Å². The van der Waals surface area contributed by atoms with Crippen molar-refractivity contribution in [3.63, 3.8) is 0 Å². The van der Waals surface area contributed by atoms with Gasteiger partial charge in [0.05, 0.1) is 4.90 Å². The van der Waals surface area contributed by atoms with E-state index in [1.165, 1.54) is 36.8 Å². The molecule has 132 valence electrons. The molecule has 1 aliphatic carbocycles. The SMILES string of the molecule is O=S(=O)(c1ccc2c(c1)CCCC2)N1CCC[C@@H]1CN1CCCC1. The van der Waals surface area contributed by atoms with Gasteiger partial charge in [0.1, 0.15) is 0 Å². The summed E-state index contributed by atoms with van der Waals surface area (Å²) in [7, 11) is -3.36. The van der Waals surface area contributed by atoms with Gasteiger partial charge in [0.15, 0.2) is 0 Å². The molecule has 0 saturated carbocycles. The Labute approximate surface area is 145 Å². The van der Waals surface area contributed by atoms with Crippen LogP contribution in [0.15, 0.2) is 23.1 Å². The number of fused-ring (bicyclic) bond motifs is 1. The molecule has 1 atom stereocenters. The van der Waals surface area contributed by atoms with Crippen molar-refractivity contribution >= 4 is 10.0 Å². The normalized spacial score (nSPS) is 25.9. The van der Waals surface area contributed by atoms with Crippen LogP contribution in [0.4, 0.5) is 0 Å². The van der Waals surface area contributed by atoms with Crippen molar-refractivity contribution in [3.8, 4) is 0 Å². The summed E-state index contributed by atoms with van der Waals surface area (Å²) in [5.74, 6) is 0. The maximum Gasteiger partial charge on any atom is 0.243 e. The predicted octanol–water partition coefficient (Wildman–Crippen LogP) is 2.81. The molecule has 24 heavy (non-hydrogen) atoms. The highest BCUT2D eigenvalue weighted by Crippen LogP contribution is 2.30. The second-order valence-corrected chi connectivity index (χ2v) is 9.45. The highest BCUT2D eigenvalue weighted by Gasteiger charge is 2.36. The summed E-state index contributed by atoms with van der Waals surface area (Å²) in [6.45, 7) is 3.84. The first-order valence-electron chi connectivity index (χ1n) is 9.50. The Morgan fingerprint density at radius 2 is 1.67 bits per heavy atom. The number of sulfonamides is 1. The fourth-order valence-electron chi connectivity index (χ4n) is 4.58. The Morgan fingerprint density at radius 3 is 2.46 bits per heavy atom. The lowest BCUT2D eigenvalue weighted by molar-refractivity contribution is 0.257. The highest BCUT2D eigenvalue weighted by atomic mass is 32.2. The lowest BCUT2D eigenvalue weighted by Gasteiger charge is -2.28. The molecular weight excluding hydrogens is 320 g/mol. The summed E-state index contributed by atoms with van der Waals surface area (Å²) in [4.78, 5) is 2.95. The molecule has 2 fully saturated rings. The first-order chi connectivity index (χ1) is 11.6. The van der Waals surface area contributed by atoms with Crippen LogP contribution in [0.5, 0.6) is 0 Å². The van der Waals surface area contributed by atoms with Gasteiger partial charge in [-0.15, -0.1) is 0 Å². The van der Waals surface area contributed by atoms with Gasteiger partial charge in [0, 0.05) is 19.1 Å². The Hall–Kier alpha value is -0.910. The molecule has 4 nitrogen and oxygen atoms in total. The molecule has 2 heterocycles. The van der Waals surface area contributed by atoms with E-state index in [0.29, 0.717) is 11.4 Å². The van der Waals surface area contributed by atoms with E-state index in [-0.39, 0.29) is 6.04 Å². The zero-order valence-corrected chi connectivity index (χ0v) is 15.2. The molecule has 0 aromatic heterocycles. The van der Waals surface area contributed by atoms with Crippen LogP contribution >= 0.6 is 0 Å². The quantitative estimate of drug-likeness (QED) is 0.840. The molecule has 0 spiro atoms. The number of rotatable bonds is 4. The summed E-state index contributed by atoms with van der Waals surface area (Å²) < 4.78 is 28.2. The van der Waals surface area contributed by atoms with Gasteiger partial charge in [-0.3, -0.25) is 0 Å². The van der Waals surface area contributed by atoms with Crippen LogP contribution in [0, 0.1) is 0 Å². The molecule has 2 aliphatic heterocycles. The van der Waals surface area contributed by atoms with Crippen LogP contribution in [-0.2, 0) is 22.9 Å². The van der Waals surface area contributed by atoms with Crippen LogP contribution in [0.2, 0.25) is 0 Å². The second kappa shape index (κ2) is 6.77. The standard InChI is InChI=1S/C19H28N2O2S/c22-24(23,19-10-9-16-6-1-2-7-17(16)14-19)21-13-5-8-18(21)15-20-11-3-4-12-20/h9-10,14,18H,1-8,11-13,15H2/t18-/m1/s1. The van der Waals surface area contributed by atoms with E-state index in [2.05, 4.69) is 4.90 Å². The van der Waals surface area contributed by atoms with Crippen molar-refractivity contribution < 1.29 is 8.42 Å². The van der Waals surface area contributed by atoms with E-state index in [4.69, 9.17) is 0 Å². The van der Waals surface area contributed by atoms with Crippen LogP contribution in [0.1, 0.15) is 49.7 Å². The average molecular weight is 349 g/mol. The zero-order valence-electron chi connectivity index (χ0n) is 14.4. The molecule has 0 amide bonds. The summed E-state index contributed by atoms with van der Waals surface area (Å²) in [5.41, 5.74) is 2.59. The third kappa shape index (κ3) is 3.14. The first kappa shape index (κ1) is 16.6. The molecule has 0 unspecified atom stereocenters. The number of aryl methyl sites for hydroxylation is 2. The molecule has 5 heteroatoms.